The van der Waals surface area contributed by atoms with Crippen molar-refractivity contribution in [2.24, 2.45) is 0 Å². The van der Waals surface area contributed by atoms with E-state index in [1.165, 1.54) is 37.5 Å². The monoisotopic (exact) mass is 358 g/mol. The summed E-state index contributed by atoms with van der Waals surface area (Å²) in [5.41, 5.74) is 0.885. The van der Waals surface area contributed by atoms with Crippen molar-refractivity contribution >= 4 is 23.7 Å². The van der Waals surface area contributed by atoms with Crippen LogP contribution in [0, 0.1) is 11.6 Å². The average Bonchev–Trinajstić information content (AvgIpc) is 2.61. The topological polar surface area (TPSA) is 63.6 Å². The molecule has 0 bridgehead atoms. The number of halogens is 2. The quantitative estimate of drug-likeness (QED) is 0.602. The highest BCUT2D eigenvalue weighted by atomic mass is 19.2. The van der Waals surface area contributed by atoms with Crippen LogP contribution >= 0.6 is 0 Å². The molecule has 2 aromatic carbocycles. The number of aromatic hydroxyl groups is 1. The molecule has 0 heterocycles. The second-order valence-electron chi connectivity index (χ2n) is 5.38. The first-order chi connectivity index (χ1) is 12.4. The Kier molecular flexibility index (Phi) is 6.38. The minimum Gasteiger partial charge on any atom is -0.504 e. The molecule has 1 N–H and O–H groups in total. The lowest BCUT2D eigenvalue weighted by Crippen LogP contribution is -2.01. The zero-order valence-electron chi connectivity index (χ0n) is 13.9. The molecule has 0 radical (unpaired) electrons. The Morgan fingerprint density at radius 1 is 0.962 bits per heavy atom. The van der Waals surface area contributed by atoms with Crippen LogP contribution in [0.15, 0.2) is 48.6 Å². The molecule has 26 heavy (non-hydrogen) atoms. The molecule has 0 amide bonds. The Bertz CT molecular complexity index is 885. The third-order valence-corrected chi connectivity index (χ3v) is 3.42. The maximum atomic E-state index is 13.1. The van der Waals surface area contributed by atoms with Crippen molar-refractivity contribution in [1.82, 2.24) is 0 Å². The smallest absolute Gasteiger partial charge is 0.163 e. The minimum absolute atomic E-state index is 0.0624. The highest BCUT2D eigenvalue weighted by Crippen LogP contribution is 2.26. The van der Waals surface area contributed by atoms with Crippen molar-refractivity contribution in [3.8, 4) is 11.5 Å². The fourth-order valence-electron chi connectivity index (χ4n) is 2.09. The number of rotatable bonds is 7. The van der Waals surface area contributed by atoms with Crippen LogP contribution in [-0.4, -0.2) is 23.8 Å². The molecule has 0 aliphatic carbocycles. The van der Waals surface area contributed by atoms with Gasteiger partial charge in [-0.05, 0) is 47.5 Å². The van der Waals surface area contributed by atoms with Gasteiger partial charge in [0.1, 0.15) is 0 Å². The van der Waals surface area contributed by atoms with Gasteiger partial charge in [-0.2, -0.15) is 0 Å². The highest BCUT2D eigenvalue weighted by molar-refractivity contribution is 6.10. The van der Waals surface area contributed by atoms with E-state index in [0.29, 0.717) is 16.9 Å². The second kappa shape index (κ2) is 8.71. The Labute approximate surface area is 149 Å². The number of allylic oxidation sites excluding steroid dienone is 2. The molecule has 0 atom stereocenters. The number of hydrogen-bond acceptors (Lipinski definition) is 4. The standard InChI is InChI=1S/C20H16F2O4/c1-26-20-9-5-14(11-19(20)25)3-7-16(24)12-15(23)6-2-13-4-8-17(21)18(22)10-13/h2-11,25H,12H2,1H3/b6-2+,7-3+. The maximum Gasteiger partial charge on any atom is 0.163 e. The molecule has 0 unspecified atom stereocenters. The second-order valence-corrected chi connectivity index (χ2v) is 5.38. The number of carbonyl (C=O) groups is 2. The van der Waals surface area contributed by atoms with E-state index in [0.717, 1.165) is 18.2 Å². The summed E-state index contributed by atoms with van der Waals surface area (Å²) in [7, 11) is 1.42. The Morgan fingerprint density at radius 2 is 1.54 bits per heavy atom. The van der Waals surface area contributed by atoms with E-state index in [2.05, 4.69) is 0 Å². The molecular formula is C20H16F2O4. The summed E-state index contributed by atoms with van der Waals surface area (Å²) in [6.07, 6.45) is 4.78. The van der Waals surface area contributed by atoms with Crippen molar-refractivity contribution in [2.75, 3.05) is 7.11 Å². The maximum absolute atomic E-state index is 13.1. The van der Waals surface area contributed by atoms with Gasteiger partial charge in [-0.1, -0.05) is 24.3 Å². The van der Waals surface area contributed by atoms with Crippen molar-refractivity contribution < 1.29 is 28.2 Å². The van der Waals surface area contributed by atoms with Crippen molar-refractivity contribution in [3.63, 3.8) is 0 Å². The fraction of sp³-hybridized carbons (Fsp3) is 0.100. The van der Waals surface area contributed by atoms with Gasteiger partial charge in [0, 0.05) is 0 Å². The number of hydrogen-bond donors (Lipinski definition) is 1. The van der Waals surface area contributed by atoms with Gasteiger partial charge in [0.25, 0.3) is 0 Å². The average molecular weight is 358 g/mol. The molecule has 4 nitrogen and oxygen atoms in total. The molecule has 0 fully saturated rings. The van der Waals surface area contributed by atoms with E-state index in [-0.39, 0.29) is 12.2 Å². The number of benzene rings is 2. The van der Waals surface area contributed by atoms with Crippen molar-refractivity contribution in [1.29, 1.82) is 0 Å². The molecule has 0 aliphatic heterocycles. The van der Waals surface area contributed by atoms with Crippen LogP contribution < -0.4 is 4.74 Å². The Hall–Kier alpha value is -3.28. The van der Waals surface area contributed by atoms with Gasteiger partial charge in [0.2, 0.25) is 0 Å². The number of phenols is 1. The van der Waals surface area contributed by atoms with Gasteiger partial charge in [0.15, 0.2) is 34.7 Å². The summed E-state index contributed by atoms with van der Waals surface area (Å²) < 4.78 is 30.8. The van der Waals surface area contributed by atoms with Crippen molar-refractivity contribution in [2.45, 2.75) is 6.42 Å². The van der Waals surface area contributed by atoms with Crippen LogP contribution in [0.4, 0.5) is 8.78 Å². The molecule has 6 heteroatoms. The minimum atomic E-state index is -1.01. The third-order valence-electron chi connectivity index (χ3n) is 3.42. The zero-order valence-corrected chi connectivity index (χ0v) is 13.9. The molecule has 0 spiro atoms. The molecule has 0 aromatic heterocycles. The third kappa shape index (κ3) is 5.37. The first kappa shape index (κ1) is 19.1. The summed E-state index contributed by atoms with van der Waals surface area (Å²) in [4.78, 5) is 23.6. The molecule has 2 aromatic rings. The summed E-state index contributed by atoms with van der Waals surface area (Å²) >= 11 is 0. The number of carbonyl (C=O) groups excluding carboxylic acids is 2. The fourth-order valence-corrected chi connectivity index (χ4v) is 2.09. The van der Waals surface area contributed by atoms with Crippen LogP contribution in [0.2, 0.25) is 0 Å². The van der Waals surface area contributed by atoms with Gasteiger partial charge in [-0.25, -0.2) is 8.78 Å². The predicted octanol–water partition coefficient (Wildman–Crippen LogP) is 3.93. The number of methoxy groups -OCH3 is 1. The Morgan fingerprint density at radius 3 is 2.08 bits per heavy atom. The van der Waals surface area contributed by atoms with E-state index in [1.54, 1.807) is 12.1 Å². The van der Waals surface area contributed by atoms with Gasteiger partial charge >= 0.3 is 0 Å². The van der Waals surface area contributed by atoms with Crippen molar-refractivity contribution in [3.05, 3.63) is 71.3 Å². The zero-order chi connectivity index (χ0) is 19.1. The van der Waals surface area contributed by atoms with E-state index in [9.17, 15) is 23.5 Å². The predicted molar refractivity (Wildman–Crippen MR) is 93.7 cm³/mol. The summed E-state index contributed by atoms with van der Waals surface area (Å²) in [6.45, 7) is 0. The van der Waals surface area contributed by atoms with Crippen LogP contribution in [-0.2, 0) is 9.59 Å². The lowest BCUT2D eigenvalue weighted by atomic mass is 10.1. The number of ketones is 2. The van der Waals surface area contributed by atoms with E-state index >= 15 is 0 Å². The highest BCUT2D eigenvalue weighted by Gasteiger charge is 2.05. The molecule has 0 saturated heterocycles. The molecule has 0 aliphatic rings. The number of phenolic OH excluding ortho intramolecular Hbond substituents is 1. The lowest BCUT2D eigenvalue weighted by molar-refractivity contribution is -0.121. The first-order valence-corrected chi connectivity index (χ1v) is 7.63. The van der Waals surface area contributed by atoms with Crippen LogP contribution in [0.25, 0.3) is 12.2 Å². The normalized spacial score (nSPS) is 11.2. The van der Waals surface area contributed by atoms with E-state index < -0.39 is 23.2 Å². The van der Waals surface area contributed by atoms with Crippen LogP contribution in [0.1, 0.15) is 17.5 Å². The van der Waals surface area contributed by atoms with Gasteiger partial charge in [-0.15, -0.1) is 0 Å². The number of ether oxygens (including phenoxy) is 1. The molecule has 134 valence electrons. The van der Waals surface area contributed by atoms with Crippen LogP contribution in [0.5, 0.6) is 11.5 Å². The summed E-state index contributed by atoms with van der Waals surface area (Å²) in [6, 6.07) is 7.85. The molecule has 0 saturated carbocycles. The largest absolute Gasteiger partial charge is 0.504 e. The first-order valence-electron chi connectivity index (χ1n) is 7.63. The van der Waals surface area contributed by atoms with E-state index in [1.807, 2.05) is 0 Å². The van der Waals surface area contributed by atoms with Gasteiger partial charge < -0.3 is 9.84 Å². The molecule has 2 rings (SSSR count). The van der Waals surface area contributed by atoms with Gasteiger partial charge in [-0.3, -0.25) is 9.59 Å². The Balaban J connectivity index is 1.94. The van der Waals surface area contributed by atoms with E-state index in [4.69, 9.17) is 4.74 Å². The van der Waals surface area contributed by atoms with Gasteiger partial charge in [0.05, 0.1) is 13.5 Å². The SMILES string of the molecule is COc1ccc(/C=C/C(=O)CC(=O)/C=C/c2ccc(F)c(F)c2)cc1O. The summed E-state index contributed by atoms with van der Waals surface area (Å²) in [5, 5.41) is 9.66. The van der Waals surface area contributed by atoms with Crippen LogP contribution in [0.3, 0.4) is 0 Å². The lowest BCUT2D eigenvalue weighted by Gasteiger charge is -2.03. The molecular weight excluding hydrogens is 342 g/mol. The summed E-state index contributed by atoms with van der Waals surface area (Å²) in [5.74, 6) is -2.64.